The Bertz CT molecular complexity index is 647. The molecule has 1 saturated heterocycles. The molecule has 1 fully saturated rings. The van der Waals surface area contributed by atoms with E-state index in [1.807, 2.05) is 44.2 Å². The lowest BCUT2D eigenvalue weighted by atomic mass is 9.84. The first-order valence-corrected chi connectivity index (χ1v) is 10.4. The van der Waals surface area contributed by atoms with Gasteiger partial charge in [0.1, 0.15) is 18.8 Å². The predicted molar refractivity (Wildman–Crippen MR) is 111 cm³/mol. The second-order valence-corrected chi connectivity index (χ2v) is 7.11. The summed E-state index contributed by atoms with van der Waals surface area (Å²) in [6.07, 6.45) is 1.37. The average Bonchev–Trinajstić information content (AvgIpc) is 2.76. The first-order valence-electron chi connectivity index (χ1n) is 10.4. The van der Waals surface area contributed by atoms with Gasteiger partial charge in [0.2, 0.25) is 5.91 Å². The highest BCUT2D eigenvalue weighted by molar-refractivity contribution is 5.79. The van der Waals surface area contributed by atoms with E-state index in [4.69, 9.17) is 19.5 Å². The Morgan fingerprint density at radius 1 is 1.17 bits per heavy atom. The van der Waals surface area contributed by atoms with Crippen molar-refractivity contribution in [2.75, 3.05) is 52.7 Å². The topological polar surface area (TPSA) is 83.8 Å². The van der Waals surface area contributed by atoms with Gasteiger partial charge >= 0.3 is 0 Å². The summed E-state index contributed by atoms with van der Waals surface area (Å²) in [4.78, 5) is 14.3. The third kappa shape index (κ3) is 7.32. The van der Waals surface area contributed by atoms with E-state index in [-0.39, 0.29) is 12.3 Å². The molecule has 1 heterocycles. The molecule has 2 rings (SSSR count). The highest BCUT2D eigenvalue weighted by Crippen LogP contribution is 2.30. The van der Waals surface area contributed by atoms with Gasteiger partial charge < -0.3 is 19.5 Å². The normalized spacial score (nSPS) is 14.9. The van der Waals surface area contributed by atoms with Crippen LogP contribution in [0.5, 0.6) is 5.75 Å². The first kappa shape index (κ1) is 23.1. The smallest absolute Gasteiger partial charge is 0.234 e. The van der Waals surface area contributed by atoms with Crippen LogP contribution in [0.1, 0.15) is 38.7 Å². The van der Waals surface area contributed by atoms with Crippen molar-refractivity contribution in [3.05, 3.63) is 29.8 Å². The summed E-state index contributed by atoms with van der Waals surface area (Å²) in [5.41, 5.74) is 0.553. The molecule has 160 valence electrons. The van der Waals surface area contributed by atoms with E-state index in [1.165, 1.54) is 0 Å². The van der Waals surface area contributed by atoms with Gasteiger partial charge in [0.05, 0.1) is 38.0 Å². The highest BCUT2D eigenvalue weighted by atomic mass is 16.5. The van der Waals surface area contributed by atoms with E-state index in [0.717, 1.165) is 57.0 Å². The zero-order valence-electron chi connectivity index (χ0n) is 17.6. The maximum absolute atomic E-state index is 12.0. The molecular formula is C22H33N3O4. The standard InChI is InChI=1S/C22H33N3O4/c1-3-22(4-2,24-21(26)9-10-23)19-5-7-20(8-6-19)29-18-17-28-16-13-25-11-14-27-15-12-25/h5-8H,3-4,9,11-18H2,1-2H3,(H,24,26). The van der Waals surface area contributed by atoms with Gasteiger partial charge in [0, 0.05) is 19.6 Å². The fraction of sp³-hybridized carbons (Fsp3) is 0.636. The van der Waals surface area contributed by atoms with Crippen LogP contribution in [0, 0.1) is 11.3 Å². The van der Waals surface area contributed by atoms with E-state index in [2.05, 4.69) is 10.2 Å². The zero-order chi connectivity index (χ0) is 21.0. The van der Waals surface area contributed by atoms with Gasteiger partial charge in [-0.05, 0) is 30.5 Å². The van der Waals surface area contributed by atoms with Crippen LogP contribution in [0.4, 0.5) is 0 Å². The number of nitriles is 1. The van der Waals surface area contributed by atoms with Crippen molar-refractivity contribution in [1.82, 2.24) is 10.2 Å². The van der Waals surface area contributed by atoms with Crippen LogP contribution in [-0.2, 0) is 19.8 Å². The largest absolute Gasteiger partial charge is 0.491 e. The molecule has 0 saturated carbocycles. The van der Waals surface area contributed by atoms with Gasteiger partial charge in [0.15, 0.2) is 0 Å². The highest BCUT2D eigenvalue weighted by Gasteiger charge is 2.30. The van der Waals surface area contributed by atoms with Gasteiger partial charge in [-0.3, -0.25) is 9.69 Å². The summed E-state index contributed by atoms with van der Waals surface area (Å²) in [5, 5.41) is 11.8. The predicted octanol–water partition coefficient (Wildman–Crippen LogP) is 2.46. The number of hydrogen-bond acceptors (Lipinski definition) is 6. The summed E-state index contributed by atoms with van der Waals surface area (Å²) in [6, 6.07) is 9.70. The molecule has 7 nitrogen and oxygen atoms in total. The Labute approximate surface area is 173 Å². The van der Waals surface area contributed by atoms with Crippen molar-refractivity contribution >= 4 is 5.91 Å². The van der Waals surface area contributed by atoms with Crippen molar-refractivity contribution in [3.63, 3.8) is 0 Å². The van der Waals surface area contributed by atoms with Gasteiger partial charge in [-0.2, -0.15) is 5.26 Å². The van der Waals surface area contributed by atoms with E-state index < -0.39 is 5.54 Å². The number of carbonyl (C=O) groups is 1. The molecule has 0 bridgehead atoms. The number of carbonyl (C=O) groups excluding carboxylic acids is 1. The fourth-order valence-electron chi connectivity index (χ4n) is 3.50. The summed E-state index contributed by atoms with van der Waals surface area (Å²) in [6.45, 7) is 10.3. The van der Waals surface area contributed by atoms with Gasteiger partial charge in [-0.15, -0.1) is 0 Å². The van der Waals surface area contributed by atoms with Crippen molar-refractivity contribution in [1.29, 1.82) is 5.26 Å². The molecule has 1 aliphatic rings. The Hall–Kier alpha value is -2.14. The van der Waals surface area contributed by atoms with E-state index in [1.54, 1.807) is 0 Å². The molecule has 0 aliphatic carbocycles. The van der Waals surface area contributed by atoms with Crippen molar-refractivity contribution in [3.8, 4) is 11.8 Å². The van der Waals surface area contributed by atoms with Crippen LogP contribution in [-0.4, -0.2) is 63.5 Å². The molecular weight excluding hydrogens is 370 g/mol. The van der Waals surface area contributed by atoms with Crippen molar-refractivity contribution < 1.29 is 19.0 Å². The molecule has 0 radical (unpaired) electrons. The summed E-state index contributed by atoms with van der Waals surface area (Å²) in [7, 11) is 0. The maximum atomic E-state index is 12.0. The van der Waals surface area contributed by atoms with Crippen molar-refractivity contribution in [2.45, 2.75) is 38.6 Å². The summed E-state index contributed by atoms with van der Waals surface area (Å²) in [5.74, 6) is 0.528. The molecule has 1 aliphatic heterocycles. The number of nitrogens with one attached hydrogen (secondary N) is 1. The monoisotopic (exact) mass is 403 g/mol. The van der Waals surface area contributed by atoms with Crippen LogP contribution in [0.15, 0.2) is 24.3 Å². The minimum absolute atomic E-state index is 0.130. The molecule has 29 heavy (non-hydrogen) atoms. The summed E-state index contributed by atoms with van der Waals surface area (Å²) < 4.78 is 16.8. The molecule has 1 N–H and O–H groups in total. The van der Waals surface area contributed by atoms with Crippen LogP contribution in [0.3, 0.4) is 0 Å². The number of hydrogen-bond donors (Lipinski definition) is 1. The van der Waals surface area contributed by atoms with Crippen molar-refractivity contribution in [2.24, 2.45) is 0 Å². The lowest BCUT2D eigenvalue weighted by Crippen LogP contribution is -2.44. The Balaban J connectivity index is 1.76. The number of amides is 1. The Morgan fingerprint density at radius 2 is 1.86 bits per heavy atom. The first-order chi connectivity index (χ1) is 14.1. The summed E-state index contributed by atoms with van der Waals surface area (Å²) >= 11 is 0. The quantitative estimate of drug-likeness (QED) is 0.540. The zero-order valence-corrected chi connectivity index (χ0v) is 17.6. The Morgan fingerprint density at radius 3 is 2.48 bits per heavy atom. The molecule has 1 aromatic carbocycles. The molecule has 7 heteroatoms. The molecule has 1 amide bonds. The maximum Gasteiger partial charge on any atom is 0.234 e. The lowest BCUT2D eigenvalue weighted by molar-refractivity contribution is -0.122. The third-order valence-corrected chi connectivity index (χ3v) is 5.38. The van der Waals surface area contributed by atoms with Gasteiger partial charge in [0.25, 0.3) is 0 Å². The van der Waals surface area contributed by atoms with Crippen LogP contribution in [0.2, 0.25) is 0 Å². The van der Waals surface area contributed by atoms with E-state index in [0.29, 0.717) is 19.8 Å². The molecule has 0 unspecified atom stereocenters. The number of ether oxygens (including phenoxy) is 3. The second-order valence-electron chi connectivity index (χ2n) is 7.11. The third-order valence-electron chi connectivity index (χ3n) is 5.38. The molecule has 1 aromatic rings. The van der Waals surface area contributed by atoms with Crippen LogP contribution in [0.25, 0.3) is 0 Å². The number of nitrogens with zero attached hydrogens (tertiary/aromatic N) is 2. The lowest BCUT2D eigenvalue weighted by Gasteiger charge is -2.33. The van der Waals surface area contributed by atoms with Crippen LogP contribution >= 0.6 is 0 Å². The molecule has 0 aromatic heterocycles. The van der Waals surface area contributed by atoms with Gasteiger partial charge in [-0.25, -0.2) is 0 Å². The number of rotatable bonds is 12. The van der Waals surface area contributed by atoms with Gasteiger partial charge in [-0.1, -0.05) is 26.0 Å². The average molecular weight is 404 g/mol. The SMILES string of the molecule is CCC(CC)(NC(=O)CC#N)c1ccc(OCCOCCN2CCOCC2)cc1. The second kappa shape index (κ2) is 12.4. The Kier molecular flexibility index (Phi) is 9.92. The minimum Gasteiger partial charge on any atom is -0.491 e. The molecule has 0 spiro atoms. The molecule has 0 atom stereocenters. The van der Waals surface area contributed by atoms with E-state index in [9.17, 15) is 4.79 Å². The fourth-order valence-corrected chi connectivity index (χ4v) is 3.50. The van der Waals surface area contributed by atoms with Crippen LogP contribution < -0.4 is 10.1 Å². The number of morpholine rings is 1. The minimum atomic E-state index is -0.463. The number of benzene rings is 1. The van der Waals surface area contributed by atoms with E-state index >= 15 is 0 Å².